The zero-order chi connectivity index (χ0) is 38.3. The summed E-state index contributed by atoms with van der Waals surface area (Å²) in [4.78, 5) is 54.2. The maximum absolute atomic E-state index is 13.5. The number of amides is 4. The minimum absolute atomic E-state index is 0.0235. The number of carbonyl (C=O) groups excluding carboxylic acids is 4. The molecule has 14 heteroatoms. The van der Waals surface area contributed by atoms with Gasteiger partial charge in [0.15, 0.2) is 11.5 Å². The number of hydrogen-bond donors (Lipinski definition) is 3. The van der Waals surface area contributed by atoms with E-state index < -0.39 is 29.7 Å². The number of thioether (sulfide) groups is 1. The molecule has 53 heavy (non-hydrogen) atoms. The fraction of sp³-hybridized carbons (Fsp3) is 0.590. The first-order valence-corrected chi connectivity index (χ1v) is 19.8. The summed E-state index contributed by atoms with van der Waals surface area (Å²) in [6.45, 7) is 8.84. The predicted octanol–water partition coefficient (Wildman–Crippen LogP) is 4.37. The van der Waals surface area contributed by atoms with Gasteiger partial charge in [-0.25, -0.2) is 4.79 Å². The number of rotatable bonds is 15. The van der Waals surface area contributed by atoms with Crippen LogP contribution >= 0.6 is 11.8 Å². The van der Waals surface area contributed by atoms with Crippen LogP contribution in [0.5, 0.6) is 11.5 Å². The molecule has 2 aromatic carbocycles. The van der Waals surface area contributed by atoms with Crippen molar-refractivity contribution in [2.75, 3.05) is 71.3 Å². The van der Waals surface area contributed by atoms with E-state index in [0.29, 0.717) is 102 Å². The number of para-hydroxylation sites is 2. The van der Waals surface area contributed by atoms with Crippen molar-refractivity contribution in [1.29, 1.82) is 0 Å². The highest BCUT2D eigenvalue weighted by molar-refractivity contribution is 7.98. The molecule has 2 atom stereocenters. The molecule has 0 unspecified atom stereocenters. The maximum Gasteiger partial charge on any atom is 0.408 e. The molecule has 0 aromatic heterocycles. The molecule has 0 saturated heterocycles. The highest BCUT2D eigenvalue weighted by Crippen LogP contribution is 2.26. The van der Waals surface area contributed by atoms with Gasteiger partial charge in [0.05, 0.1) is 26.4 Å². The molecule has 0 fully saturated rings. The average Bonchev–Trinajstić information content (AvgIpc) is 3.13. The lowest BCUT2D eigenvalue weighted by molar-refractivity contribution is -0.133. The predicted molar refractivity (Wildman–Crippen MR) is 205 cm³/mol. The van der Waals surface area contributed by atoms with Crippen molar-refractivity contribution in [2.45, 2.75) is 77.0 Å². The summed E-state index contributed by atoms with van der Waals surface area (Å²) in [6, 6.07) is 15.1. The van der Waals surface area contributed by atoms with Crippen LogP contribution in [0.2, 0.25) is 0 Å². The SMILES string of the molecule is CSCC[C@H](NC(=O)[C@H](Cc1ccccc1)NC(=O)OC(C)(C)C)C(=O)NCCCCCC(=O)N1CCOCCOc2ccccc2OCCOCC1. The van der Waals surface area contributed by atoms with E-state index in [-0.39, 0.29) is 18.2 Å². The fourth-order valence-corrected chi connectivity index (χ4v) is 5.85. The third kappa shape index (κ3) is 18.0. The first-order valence-electron chi connectivity index (χ1n) is 18.4. The Labute approximate surface area is 318 Å². The Bertz CT molecular complexity index is 1360. The number of carbonyl (C=O) groups is 4. The Morgan fingerprint density at radius 2 is 1.40 bits per heavy atom. The fourth-order valence-electron chi connectivity index (χ4n) is 5.38. The van der Waals surface area contributed by atoms with Gasteiger partial charge in [-0.2, -0.15) is 11.8 Å². The van der Waals surface area contributed by atoms with Crippen LogP contribution in [-0.2, 0) is 35.0 Å². The number of nitrogens with one attached hydrogen (secondary N) is 3. The second-order valence-electron chi connectivity index (χ2n) is 13.6. The lowest BCUT2D eigenvalue weighted by Crippen LogP contribution is -2.55. The van der Waals surface area contributed by atoms with Gasteiger partial charge >= 0.3 is 6.09 Å². The molecule has 1 heterocycles. The molecule has 3 rings (SSSR count). The van der Waals surface area contributed by atoms with E-state index >= 15 is 0 Å². The highest BCUT2D eigenvalue weighted by Gasteiger charge is 2.28. The van der Waals surface area contributed by atoms with Gasteiger partial charge in [0.25, 0.3) is 0 Å². The summed E-state index contributed by atoms with van der Waals surface area (Å²) in [7, 11) is 0. The van der Waals surface area contributed by atoms with Gasteiger partial charge in [-0.1, -0.05) is 48.9 Å². The highest BCUT2D eigenvalue weighted by atomic mass is 32.2. The summed E-state index contributed by atoms with van der Waals surface area (Å²) in [5.74, 6) is 1.23. The number of ether oxygens (including phenoxy) is 5. The van der Waals surface area contributed by atoms with Gasteiger partial charge in [0.1, 0.15) is 30.9 Å². The monoisotopic (exact) mass is 758 g/mol. The summed E-state index contributed by atoms with van der Waals surface area (Å²) in [6.07, 6.45) is 4.33. The van der Waals surface area contributed by atoms with Crippen LogP contribution in [0.15, 0.2) is 54.6 Å². The summed E-state index contributed by atoms with van der Waals surface area (Å²) >= 11 is 1.57. The van der Waals surface area contributed by atoms with E-state index in [1.807, 2.05) is 60.9 Å². The van der Waals surface area contributed by atoms with Crippen molar-refractivity contribution in [3.05, 3.63) is 60.2 Å². The third-order valence-electron chi connectivity index (χ3n) is 8.08. The maximum atomic E-state index is 13.5. The van der Waals surface area contributed by atoms with Crippen molar-refractivity contribution in [3.8, 4) is 11.5 Å². The first-order chi connectivity index (χ1) is 25.6. The normalized spacial score (nSPS) is 15.5. The molecule has 1 aliphatic rings. The van der Waals surface area contributed by atoms with Crippen molar-refractivity contribution >= 4 is 35.6 Å². The Hall–Kier alpha value is -4.01. The van der Waals surface area contributed by atoms with Crippen LogP contribution in [-0.4, -0.2) is 118 Å². The molecule has 0 saturated carbocycles. The van der Waals surface area contributed by atoms with Gasteiger partial charge in [0, 0.05) is 32.5 Å². The van der Waals surface area contributed by atoms with E-state index in [1.54, 1.807) is 37.4 Å². The zero-order valence-corrected chi connectivity index (χ0v) is 32.5. The lowest BCUT2D eigenvalue weighted by Gasteiger charge is -2.25. The van der Waals surface area contributed by atoms with Crippen LogP contribution in [0.1, 0.15) is 58.4 Å². The molecule has 2 aromatic rings. The second-order valence-corrected chi connectivity index (χ2v) is 14.6. The van der Waals surface area contributed by atoms with E-state index in [2.05, 4.69) is 16.0 Å². The number of benzene rings is 2. The number of alkyl carbamates (subject to hydrolysis) is 1. The van der Waals surface area contributed by atoms with Crippen molar-refractivity contribution in [2.24, 2.45) is 0 Å². The molecule has 294 valence electrons. The molecule has 0 spiro atoms. The van der Waals surface area contributed by atoms with Crippen LogP contribution in [0.25, 0.3) is 0 Å². The standard InChI is InChI=1S/C39H58N4O9S/c1-39(2,3)52-38(47)42-32(29-30-13-7-5-8-14-30)37(46)41-31(18-28-53-4)36(45)40-19-12-6-9-17-35(44)43-20-22-48-24-26-50-33-15-10-11-16-34(33)51-27-25-49-23-21-43/h5,7-8,10-11,13-16,31-32H,6,9,12,17-29H2,1-4H3,(H,40,45)(H,41,46)(H,42,47)/t31-,32-/m0/s1. The van der Waals surface area contributed by atoms with E-state index in [4.69, 9.17) is 23.7 Å². The minimum Gasteiger partial charge on any atom is -0.487 e. The minimum atomic E-state index is -0.941. The molecule has 3 N–H and O–H groups in total. The largest absolute Gasteiger partial charge is 0.487 e. The number of nitrogens with zero attached hydrogens (tertiary/aromatic N) is 1. The van der Waals surface area contributed by atoms with Gasteiger partial charge in [-0.15, -0.1) is 0 Å². The first kappa shape index (κ1) is 43.4. The molecular weight excluding hydrogens is 701 g/mol. The van der Waals surface area contributed by atoms with E-state index in [9.17, 15) is 19.2 Å². The van der Waals surface area contributed by atoms with E-state index in [0.717, 1.165) is 12.0 Å². The topological polar surface area (TPSA) is 154 Å². The Morgan fingerprint density at radius 3 is 2.00 bits per heavy atom. The molecule has 13 nitrogen and oxygen atoms in total. The van der Waals surface area contributed by atoms with Crippen LogP contribution in [0.3, 0.4) is 0 Å². The summed E-state index contributed by atoms with van der Waals surface area (Å²) < 4.78 is 28.5. The number of hydrogen-bond acceptors (Lipinski definition) is 10. The summed E-state index contributed by atoms with van der Waals surface area (Å²) in [5, 5.41) is 8.49. The number of unbranched alkanes of at least 4 members (excludes halogenated alkanes) is 2. The average molecular weight is 759 g/mol. The Morgan fingerprint density at radius 1 is 0.774 bits per heavy atom. The Kier molecular flexibility index (Phi) is 19.9. The molecule has 0 aliphatic carbocycles. The third-order valence-corrected chi connectivity index (χ3v) is 8.73. The molecule has 0 radical (unpaired) electrons. The van der Waals surface area contributed by atoms with E-state index in [1.165, 1.54) is 0 Å². The van der Waals surface area contributed by atoms with Gasteiger partial charge < -0.3 is 44.5 Å². The second kappa shape index (κ2) is 24.3. The van der Waals surface area contributed by atoms with Crippen molar-refractivity contribution in [3.63, 3.8) is 0 Å². The molecule has 1 aliphatic heterocycles. The van der Waals surface area contributed by atoms with Gasteiger partial charge in [-0.05, 0) is 69.7 Å². The lowest BCUT2D eigenvalue weighted by atomic mass is 10.0. The zero-order valence-electron chi connectivity index (χ0n) is 31.7. The molecular formula is C39H58N4O9S. The van der Waals surface area contributed by atoms with Crippen LogP contribution in [0.4, 0.5) is 4.79 Å². The number of fused-ring (bicyclic) bond motifs is 1. The summed E-state index contributed by atoms with van der Waals surface area (Å²) in [5.41, 5.74) is 0.120. The van der Waals surface area contributed by atoms with Crippen molar-refractivity contribution in [1.82, 2.24) is 20.9 Å². The van der Waals surface area contributed by atoms with Crippen molar-refractivity contribution < 1.29 is 42.9 Å². The molecule has 4 amide bonds. The van der Waals surface area contributed by atoms with Gasteiger partial charge in [0.2, 0.25) is 17.7 Å². The smallest absolute Gasteiger partial charge is 0.408 e. The van der Waals surface area contributed by atoms with Crippen LogP contribution in [0, 0.1) is 0 Å². The van der Waals surface area contributed by atoms with Gasteiger partial charge in [-0.3, -0.25) is 14.4 Å². The Balaban J connectivity index is 1.43. The quantitative estimate of drug-likeness (QED) is 0.223. The molecule has 0 bridgehead atoms. The van der Waals surface area contributed by atoms with Crippen LogP contribution < -0.4 is 25.4 Å².